The monoisotopic (exact) mass is 335 g/mol. The van der Waals surface area contributed by atoms with E-state index in [1.54, 1.807) is 24.5 Å². The van der Waals surface area contributed by atoms with Crippen molar-refractivity contribution in [1.82, 2.24) is 9.88 Å². The van der Waals surface area contributed by atoms with Crippen LogP contribution in [-0.2, 0) is 15.0 Å². The van der Waals surface area contributed by atoms with E-state index in [1.165, 1.54) is 0 Å². The summed E-state index contributed by atoms with van der Waals surface area (Å²) >= 11 is 0. The lowest BCUT2D eigenvalue weighted by molar-refractivity contribution is -0.128. The number of fused-ring (bicyclic) bond motifs is 1. The summed E-state index contributed by atoms with van der Waals surface area (Å²) in [6.07, 6.45) is 5.44. The summed E-state index contributed by atoms with van der Waals surface area (Å²) in [5.74, 6) is 0.114. The van der Waals surface area contributed by atoms with Crippen LogP contribution in [0.5, 0.6) is 0 Å². The first kappa shape index (κ1) is 15.8. The summed E-state index contributed by atoms with van der Waals surface area (Å²) in [5.41, 5.74) is 2.13. The van der Waals surface area contributed by atoms with Crippen molar-refractivity contribution in [2.45, 2.75) is 37.6 Å². The number of rotatable bonds is 3. The molecule has 2 amide bonds. The first-order valence-electron chi connectivity index (χ1n) is 8.67. The molecule has 2 fully saturated rings. The zero-order valence-corrected chi connectivity index (χ0v) is 14.2. The Hall–Kier alpha value is -2.69. The highest BCUT2D eigenvalue weighted by molar-refractivity contribution is 6.00. The molecule has 2 aromatic rings. The summed E-state index contributed by atoms with van der Waals surface area (Å²) in [7, 11) is 0. The van der Waals surface area contributed by atoms with E-state index in [9.17, 15) is 9.59 Å². The van der Waals surface area contributed by atoms with Crippen LogP contribution in [0.2, 0.25) is 0 Å². The van der Waals surface area contributed by atoms with Crippen molar-refractivity contribution in [3.63, 3.8) is 0 Å². The fourth-order valence-electron chi connectivity index (χ4n) is 4.11. The van der Waals surface area contributed by atoms with E-state index in [0.29, 0.717) is 19.4 Å². The van der Waals surface area contributed by atoms with Gasteiger partial charge in [-0.2, -0.15) is 0 Å². The average molecular weight is 335 g/mol. The summed E-state index contributed by atoms with van der Waals surface area (Å²) in [5, 5.41) is 3.03. The number of anilines is 1. The number of hydrogen-bond acceptors (Lipinski definition) is 3. The summed E-state index contributed by atoms with van der Waals surface area (Å²) in [4.78, 5) is 31.4. The standard InChI is InChI=1S/C20H21N3O2/c1-14-3-2-4-15(11-14)20(12-17-5-6-18(24)23(17)13-20)19(25)22-16-7-9-21-10-8-16/h2-4,7-11,17H,5-6,12-13H2,1H3,(H,21,22,25). The molecule has 2 aliphatic heterocycles. The second kappa shape index (κ2) is 5.99. The van der Waals surface area contributed by atoms with Crippen LogP contribution in [0.1, 0.15) is 30.4 Å². The second-order valence-electron chi connectivity index (χ2n) is 7.06. The van der Waals surface area contributed by atoms with Gasteiger partial charge in [0.15, 0.2) is 0 Å². The lowest BCUT2D eigenvalue weighted by atomic mass is 9.76. The number of nitrogens with zero attached hydrogens (tertiary/aromatic N) is 2. The molecule has 1 aromatic carbocycles. The number of aryl methyl sites for hydroxylation is 1. The maximum atomic E-state index is 13.3. The Bertz CT molecular complexity index is 821. The molecule has 4 rings (SSSR count). The molecule has 2 atom stereocenters. The van der Waals surface area contributed by atoms with E-state index in [0.717, 1.165) is 23.2 Å². The van der Waals surface area contributed by atoms with Crippen molar-refractivity contribution < 1.29 is 9.59 Å². The van der Waals surface area contributed by atoms with Crippen molar-refractivity contribution in [2.75, 3.05) is 11.9 Å². The molecule has 0 radical (unpaired) electrons. The predicted octanol–water partition coefficient (Wildman–Crippen LogP) is 2.66. The first-order valence-corrected chi connectivity index (χ1v) is 8.67. The third kappa shape index (κ3) is 2.69. The number of benzene rings is 1. The van der Waals surface area contributed by atoms with Crippen molar-refractivity contribution in [3.05, 3.63) is 59.9 Å². The topological polar surface area (TPSA) is 62.3 Å². The first-order chi connectivity index (χ1) is 12.1. The van der Waals surface area contributed by atoms with Crippen molar-refractivity contribution in [1.29, 1.82) is 0 Å². The molecule has 1 N–H and O–H groups in total. The van der Waals surface area contributed by atoms with Crippen molar-refractivity contribution in [3.8, 4) is 0 Å². The van der Waals surface area contributed by atoms with E-state index >= 15 is 0 Å². The number of hydrogen-bond donors (Lipinski definition) is 1. The Kier molecular flexibility index (Phi) is 3.79. The third-order valence-corrected chi connectivity index (χ3v) is 5.42. The summed E-state index contributed by atoms with van der Waals surface area (Å²) < 4.78 is 0. The van der Waals surface area contributed by atoms with Gasteiger partial charge in [0.25, 0.3) is 0 Å². The molecular weight excluding hydrogens is 314 g/mol. The Balaban J connectivity index is 1.72. The molecule has 128 valence electrons. The van der Waals surface area contributed by atoms with Crippen LogP contribution >= 0.6 is 0 Å². The van der Waals surface area contributed by atoms with Gasteiger partial charge in [0.2, 0.25) is 11.8 Å². The van der Waals surface area contributed by atoms with E-state index in [-0.39, 0.29) is 17.9 Å². The maximum absolute atomic E-state index is 13.3. The fraction of sp³-hybridized carbons (Fsp3) is 0.350. The van der Waals surface area contributed by atoms with Gasteiger partial charge in [-0.3, -0.25) is 14.6 Å². The largest absolute Gasteiger partial charge is 0.338 e. The predicted molar refractivity (Wildman–Crippen MR) is 95.1 cm³/mol. The number of aromatic nitrogens is 1. The minimum Gasteiger partial charge on any atom is -0.338 e. The molecule has 2 saturated heterocycles. The number of amides is 2. The molecule has 0 bridgehead atoms. The molecule has 25 heavy (non-hydrogen) atoms. The van der Waals surface area contributed by atoms with E-state index in [2.05, 4.69) is 16.4 Å². The molecule has 0 saturated carbocycles. The second-order valence-corrected chi connectivity index (χ2v) is 7.06. The van der Waals surface area contributed by atoms with Crippen LogP contribution in [-0.4, -0.2) is 34.3 Å². The van der Waals surface area contributed by atoms with E-state index in [1.807, 2.05) is 30.0 Å². The molecule has 3 heterocycles. The number of pyridine rings is 1. The SMILES string of the molecule is Cc1cccc(C2(C(=O)Nc3ccncc3)CC3CCC(=O)N3C2)c1. The molecule has 1 aromatic heterocycles. The maximum Gasteiger partial charge on any atom is 0.236 e. The Morgan fingerprint density at radius 2 is 2.08 bits per heavy atom. The van der Waals surface area contributed by atoms with Crippen LogP contribution in [0.4, 0.5) is 5.69 Å². The molecule has 2 unspecified atom stereocenters. The zero-order valence-electron chi connectivity index (χ0n) is 14.2. The normalized spacial score (nSPS) is 25.1. The van der Waals surface area contributed by atoms with Crippen LogP contribution in [0.15, 0.2) is 48.8 Å². The van der Waals surface area contributed by atoms with Gasteiger partial charge in [-0.1, -0.05) is 29.8 Å². The third-order valence-electron chi connectivity index (χ3n) is 5.42. The highest BCUT2D eigenvalue weighted by Gasteiger charge is 2.53. The number of carbonyl (C=O) groups excluding carboxylic acids is 2. The highest BCUT2D eigenvalue weighted by atomic mass is 16.2. The molecule has 5 nitrogen and oxygen atoms in total. The lowest BCUT2D eigenvalue weighted by Gasteiger charge is -2.29. The molecule has 0 aliphatic carbocycles. The summed E-state index contributed by atoms with van der Waals surface area (Å²) in [6.45, 7) is 2.48. The van der Waals surface area contributed by atoms with E-state index in [4.69, 9.17) is 0 Å². The Morgan fingerprint density at radius 3 is 2.80 bits per heavy atom. The Labute approximate surface area is 147 Å². The smallest absolute Gasteiger partial charge is 0.236 e. The quantitative estimate of drug-likeness (QED) is 0.938. The number of nitrogens with one attached hydrogen (secondary N) is 1. The number of carbonyl (C=O) groups is 2. The van der Waals surface area contributed by atoms with Gasteiger partial charge in [0.1, 0.15) is 0 Å². The Morgan fingerprint density at radius 1 is 1.28 bits per heavy atom. The molecular formula is C20H21N3O2. The van der Waals surface area contributed by atoms with Crippen molar-refractivity contribution in [2.24, 2.45) is 0 Å². The molecule has 2 aliphatic rings. The van der Waals surface area contributed by atoms with Crippen LogP contribution in [0.3, 0.4) is 0 Å². The molecule has 5 heteroatoms. The van der Waals surface area contributed by atoms with Crippen molar-refractivity contribution >= 4 is 17.5 Å². The highest BCUT2D eigenvalue weighted by Crippen LogP contribution is 2.43. The van der Waals surface area contributed by atoms with Gasteiger partial charge in [-0.15, -0.1) is 0 Å². The average Bonchev–Trinajstić information content (AvgIpc) is 3.16. The van der Waals surface area contributed by atoms with E-state index < -0.39 is 5.41 Å². The van der Waals surface area contributed by atoms with Gasteiger partial charge < -0.3 is 10.2 Å². The minimum atomic E-state index is -0.698. The zero-order chi connectivity index (χ0) is 17.4. The van der Waals surface area contributed by atoms with Crippen LogP contribution in [0.25, 0.3) is 0 Å². The van der Waals surface area contributed by atoms with Crippen LogP contribution in [0, 0.1) is 6.92 Å². The summed E-state index contributed by atoms with van der Waals surface area (Å²) in [6, 6.07) is 11.8. The molecule has 0 spiro atoms. The van der Waals surface area contributed by atoms with Gasteiger partial charge in [-0.25, -0.2) is 0 Å². The van der Waals surface area contributed by atoms with Gasteiger partial charge in [0.05, 0.1) is 5.41 Å². The lowest BCUT2D eigenvalue weighted by Crippen LogP contribution is -2.43. The van der Waals surface area contributed by atoms with Gasteiger partial charge in [-0.05, 0) is 37.5 Å². The fourth-order valence-corrected chi connectivity index (χ4v) is 4.11. The van der Waals surface area contributed by atoms with Crippen LogP contribution < -0.4 is 5.32 Å². The minimum absolute atomic E-state index is 0.0495. The van der Waals surface area contributed by atoms with Gasteiger partial charge in [0, 0.05) is 37.1 Å². The van der Waals surface area contributed by atoms with Gasteiger partial charge >= 0.3 is 0 Å².